The Morgan fingerprint density at radius 1 is 1.10 bits per heavy atom. The predicted octanol–water partition coefficient (Wildman–Crippen LogP) is 4.68. The van der Waals surface area contributed by atoms with Gasteiger partial charge in [-0.25, -0.2) is 4.39 Å². The van der Waals surface area contributed by atoms with E-state index in [1.165, 1.54) is 6.07 Å². The average Bonchev–Trinajstić information content (AvgIpc) is 2.44. The Kier molecular flexibility index (Phi) is 5.37. The van der Waals surface area contributed by atoms with Gasteiger partial charge in [0.1, 0.15) is 11.6 Å². The summed E-state index contributed by atoms with van der Waals surface area (Å²) in [5.41, 5.74) is 1.51. The molecule has 0 aromatic heterocycles. The number of benzene rings is 2. The Morgan fingerprint density at radius 2 is 1.81 bits per heavy atom. The summed E-state index contributed by atoms with van der Waals surface area (Å²) in [6, 6.07) is 12.4. The molecule has 0 spiro atoms. The van der Waals surface area contributed by atoms with Crippen molar-refractivity contribution in [2.75, 3.05) is 7.05 Å². The highest BCUT2D eigenvalue weighted by atomic mass is 79.9. The fourth-order valence-corrected chi connectivity index (χ4v) is 2.67. The van der Waals surface area contributed by atoms with Crippen LogP contribution in [0.1, 0.15) is 31.0 Å². The van der Waals surface area contributed by atoms with E-state index in [0.717, 1.165) is 15.8 Å². The average molecular weight is 352 g/mol. The maximum absolute atomic E-state index is 14.2. The van der Waals surface area contributed by atoms with Gasteiger partial charge in [-0.15, -0.1) is 0 Å². The molecule has 0 fully saturated rings. The summed E-state index contributed by atoms with van der Waals surface area (Å²) in [7, 11) is 1.82. The third-order valence-corrected chi connectivity index (χ3v) is 3.64. The van der Waals surface area contributed by atoms with Crippen molar-refractivity contribution < 1.29 is 9.13 Å². The zero-order chi connectivity index (χ0) is 15.4. The molecule has 21 heavy (non-hydrogen) atoms. The van der Waals surface area contributed by atoms with Crippen molar-refractivity contribution in [3.8, 4) is 5.75 Å². The number of rotatable bonds is 5. The van der Waals surface area contributed by atoms with Gasteiger partial charge < -0.3 is 10.1 Å². The lowest BCUT2D eigenvalue weighted by molar-refractivity contribution is 0.238. The van der Waals surface area contributed by atoms with E-state index >= 15 is 0 Å². The van der Waals surface area contributed by atoms with Gasteiger partial charge in [0.2, 0.25) is 0 Å². The van der Waals surface area contributed by atoms with Crippen LogP contribution in [0.25, 0.3) is 0 Å². The van der Waals surface area contributed by atoms with Crippen LogP contribution >= 0.6 is 15.9 Å². The first-order chi connectivity index (χ1) is 10.0. The van der Waals surface area contributed by atoms with Crippen molar-refractivity contribution >= 4 is 15.9 Å². The minimum Gasteiger partial charge on any atom is -0.491 e. The van der Waals surface area contributed by atoms with Gasteiger partial charge in [0.15, 0.2) is 0 Å². The van der Waals surface area contributed by atoms with Gasteiger partial charge >= 0.3 is 0 Å². The minimum absolute atomic E-state index is 0.0658. The fourth-order valence-electron chi connectivity index (χ4n) is 2.29. The molecule has 0 radical (unpaired) electrons. The third-order valence-electron chi connectivity index (χ3n) is 3.15. The lowest BCUT2D eigenvalue weighted by Crippen LogP contribution is -2.20. The molecule has 0 heterocycles. The van der Waals surface area contributed by atoms with Gasteiger partial charge in [0.25, 0.3) is 0 Å². The molecule has 1 N–H and O–H groups in total. The Balaban J connectivity index is 2.49. The largest absolute Gasteiger partial charge is 0.491 e. The topological polar surface area (TPSA) is 21.3 Å². The van der Waals surface area contributed by atoms with Crippen molar-refractivity contribution in [1.29, 1.82) is 0 Å². The van der Waals surface area contributed by atoms with Crippen molar-refractivity contribution in [3.63, 3.8) is 0 Å². The summed E-state index contributed by atoms with van der Waals surface area (Å²) < 4.78 is 20.9. The second kappa shape index (κ2) is 7.05. The molecule has 2 aromatic rings. The normalized spacial score (nSPS) is 12.5. The number of ether oxygens (including phenoxy) is 1. The van der Waals surface area contributed by atoms with Crippen LogP contribution in [0.2, 0.25) is 0 Å². The van der Waals surface area contributed by atoms with Crippen LogP contribution in [0.3, 0.4) is 0 Å². The molecule has 0 saturated heterocycles. The maximum atomic E-state index is 14.2. The Bertz CT molecular complexity index is 615. The molecule has 2 aromatic carbocycles. The van der Waals surface area contributed by atoms with E-state index in [1.54, 1.807) is 12.1 Å². The van der Waals surface area contributed by atoms with E-state index < -0.39 is 0 Å². The van der Waals surface area contributed by atoms with Crippen LogP contribution in [0.4, 0.5) is 4.39 Å². The molecule has 2 nitrogen and oxygen atoms in total. The smallest absolute Gasteiger partial charge is 0.128 e. The SMILES string of the molecule is CNC(c1cc(Br)ccc1F)c1ccccc1OC(C)C. The molecule has 0 saturated carbocycles. The quantitative estimate of drug-likeness (QED) is 0.843. The van der Waals surface area contributed by atoms with Gasteiger partial charge in [0.05, 0.1) is 12.1 Å². The summed E-state index contributed by atoms with van der Waals surface area (Å²) >= 11 is 3.40. The summed E-state index contributed by atoms with van der Waals surface area (Å²) in [6.07, 6.45) is 0.0658. The highest BCUT2D eigenvalue weighted by Gasteiger charge is 2.20. The van der Waals surface area contributed by atoms with Crippen LogP contribution in [-0.4, -0.2) is 13.2 Å². The highest BCUT2D eigenvalue weighted by Crippen LogP contribution is 2.32. The fraction of sp³-hybridized carbons (Fsp3) is 0.294. The molecule has 0 amide bonds. The number of hydrogen-bond acceptors (Lipinski definition) is 2. The lowest BCUT2D eigenvalue weighted by Gasteiger charge is -2.22. The summed E-state index contributed by atoms with van der Waals surface area (Å²) in [5.74, 6) is 0.531. The first-order valence-electron chi connectivity index (χ1n) is 6.90. The van der Waals surface area contributed by atoms with Crippen molar-refractivity contribution in [1.82, 2.24) is 5.32 Å². The van der Waals surface area contributed by atoms with E-state index in [4.69, 9.17) is 4.74 Å². The Labute approximate surface area is 133 Å². The molecule has 4 heteroatoms. The van der Waals surface area contributed by atoms with Crippen LogP contribution < -0.4 is 10.1 Å². The molecule has 2 rings (SSSR count). The van der Waals surface area contributed by atoms with Crippen LogP contribution in [0, 0.1) is 5.82 Å². The Hall–Kier alpha value is -1.39. The van der Waals surface area contributed by atoms with E-state index in [-0.39, 0.29) is 18.0 Å². The molecule has 1 unspecified atom stereocenters. The second-order valence-corrected chi connectivity index (χ2v) is 6.01. The van der Waals surface area contributed by atoms with Crippen LogP contribution in [0.15, 0.2) is 46.9 Å². The summed E-state index contributed by atoms with van der Waals surface area (Å²) in [4.78, 5) is 0. The first kappa shape index (κ1) is 16.0. The third kappa shape index (κ3) is 3.83. The second-order valence-electron chi connectivity index (χ2n) is 5.09. The van der Waals surface area contributed by atoms with Crippen LogP contribution in [0.5, 0.6) is 5.75 Å². The zero-order valence-electron chi connectivity index (χ0n) is 12.4. The van der Waals surface area contributed by atoms with Crippen molar-refractivity contribution in [2.45, 2.75) is 26.0 Å². The lowest BCUT2D eigenvalue weighted by atomic mass is 9.97. The summed E-state index contributed by atoms with van der Waals surface area (Å²) in [6.45, 7) is 3.95. The summed E-state index contributed by atoms with van der Waals surface area (Å²) in [5, 5.41) is 3.18. The molecular formula is C17H19BrFNO. The van der Waals surface area contributed by atoms with Gasteiger partial charge in [-0.3, -0.25) is 0 Å². The van der Waals surface area contributed by atoms with Gasteiger partial charge in [0, 0.05) is 15.6 Å². The highest BCUT2D eigenvalue weighted by molar-refractivity contribution is 9.10. The van der Waals surface area contributed by atoms with Gasteiger partial charge in [-0.1, -0.05) is 34.1 Å². The van der Waals surface area contributed by atoms with Crippen molar-refractivity contribution in [3.05, 3.63) is 63.9 Å². The number of nitrogens with one attached hydrogen (secondary N) is 1. The number of hydrogen-bond donors (Lipinski definition) is 1. The van der Waals surface area contributed by atoms with Crippen molar-refractivity contribution in [2.24, 2.45) is 0 Å². The minimum atomic E-state index is -0.266. The maximum Gasteiger partial charge on any atom is 0.128 e. The monoisotopic (exact) mass is 351 g/mol. The number of para-hydroxylation sites is 1. The van der Waals surface area contributed by atoms with E-state index in [2.05, 4.69) is 21.2 Å². The molecule has 0 aliphatic carbocycles. The molecule has 0 bridgehead atoms. The first-order valence-corrected chi connectivity index (χ1v) is 7.70. The molecule has 1 atom stereocenters. The molecule has 0 aliphatic heterocycles. The van der Waals surface area contributed by atoms with Gasteiger partial charge in [-0.05, 0) is 45.2 Å². The molecule has 0 aliphatic rings. The molecule has 112 valence electrons. The van der Waals surface area contributed by atoms with E-state index in [1.807, 2.05) is 45.2 Å². The molecular weight excluding hydrogens is 333 g/mol. The standard InChI is InChI=1S/C17H19BrFNO/c1-11(2)21-16-7-5-4-6-13(16)17(20-3)14-10-12(18)8-9-15(14)19/h4-11,17,20H,1-3H3. The van der Waals surface area contributed by atoms with Gasteiger partial charge in [-0.2, -0.15) is 0 Å². The van der Waals surface area contributed by atoms with E-state index in [9.17, 15) is 4.39 Å². The zero-order valence-corrected chi connectivity index (χ0v) is 13.9. The number of halogens is 2. The Morgan fingerprint density at radius 3 is 2.48 bits per heavy atom. The van der Waals surface area contributed by atoms with E-state index in [0.29, 0.717) is 5.56 Å². The predicted molar refractivity (Wildman–Crippen MR) is 87.2 cm³/mol. The van der Waals surface area contributed by atoms with Crippen LogP contribution in [-0.2, 0) is 0 Å².